The average Bonchev–Trinajstić information content (AvgIpc) is 3.17. The predicted octanol–water partition coefficient (Wildman–Crippen LogP) is 0.732. The van der Waals surface area contributed by atoms with Gasteiger partial charge in [-0.2, -0.15) is 4.68 Å². The van der Waals surface area contributed by atoms with Crippen molar-refractivity contribution in [3.05, 3.63) is 75.1 Å². The highest BCUT2D eigenvalue weighted by Gasteiger charge is 2.14. The van der Waals surface area contributed by atoms with E-state index in [1.165, 1.54) is 45.9 Å². The maximum Gasteiger partial charge on any atom is 0.271 e. The van der Waals surface area contributed by atoms with Gasteiger partial charge in [0.25, 0.3) is 11.2 Å². The topological polar surface area (TPSA) is 156 Å². The van der Waals surface area contributed by atoms with Crippen molar-refractivity contribution in [3.8, 4) is 5.69 Å². The molecule has 0 bridgehead atoms. The van der Waals surface area contributed by atoms with Crippen LogP contribution < -0.4 is 5.56 Å². The van der Waals surface area contributed by atoms with Gasteiger partial charge in [-0.15, -0.1) is 5.10 Å². The standard InChI is InChI=1S/C17H13N7O5S/c1-30(28,29)13-5-2-11(3-6-13)23-16(19-20-21-23)9-22-10-18-15-8-12(24(26)27)4-7-14(15)17(22)25/h2-8,10H,9H2,1H3. The van der Waals surface area contributed by atoms with Gasteiger partial charge in [-0.1, -0.05) is 0 Å². The SMILES string of the molecule is CS(=O)(=O)c1ccc(-n2nnnc2Cn2cnc3cc([N+](=O)[O-])ccc3c2=O)cc1. The van der Waals surface area contributed by atoms with Crippen molar-refractivity contribution in [2.24, 2.45) is 0 Å². The molecule has 2 aromatic carbocycles. The fourth-order valence-corrected chi connectivity index (χ4v) is 3.50. The van der Waals surface area contributed by atoms with Gasteiger partial charge in [-0.05, 0) is 40.8 Å². The van der Waals surface area contributed by atoms with Gasteiger partial charge < -0.3 is 0 Å². The molecule has 2 heterocycles. The van der Waals surface area contributed by atoms with Crippen LogP contribution in [-0.4, -0.2) is 49.4 Å². The lowest BCUT2D eigenvalue weighted by Crippen LogP contribution is -2.23. The van der Waals surface area contributed by atoms with Gasteiger partial charge in [0.2, 0.25) is 0 Å². The number of aromatic nitrogens is 6. The molecule has 0 radical (unpaired) electrons. The summed E-state index contributed by atoms with van der Waals surface area (Å²) < 4.78 is 25.9. The Balaban J connectivity index is 1.69. The van der Waals surface area contributed by atoms with Crippen LogP contribution in [0.1, 0.15) is 5.82 Å². The van der Waals surface area contributed by atoms with E-state index in [0.717, 1.165) is 6.26 Å². The van der Waals surface area contributed by atoms with E-state index in [2.05, 4.69) is 20.5 Å². The summed E-state index contributed by atoms with van der Waals surface area (Å²) in [5, 5.41) is 22.6. The zero-order chi connectivity index (χ0) is 21.5. The summed E-state index contributed by atoms with van der Waals surface area (Å²) in [6.45, 7) is -0.0143. The number of non-ortho nitro benzene ring substituents is 1. The van der Waals surface area contributed by atoms with Gasteiger partial charge in [0.1, 0.15) is 0 Å². The molecular formula is C17H13N7O5S. The molecule has 0 spiro atoms. The van der Waals surface area contributed by atoms with Crippen molar-refractivity contribution in [1.82, 2.24) is 29.8 Å². The summed E-state index contributed by atoms with van der Waals surface area (Å²) in [5.74, 6) is 0.312. The van der Waals surface area contributed by atoms with Crippen LogP contribution in [0.15, 0.2) is 58.5 Å². The highest BCUT2D eigenvalue weighted by atomic mass is 32.2. The number of nitro benzene ring substituents is 1. The Kier molecular flexibility index (Phi) is 4.58. The third-order valence-corrected chi connectivity index (χ3v) is 5.50. The van der Waals surface area contributed by atoms with E-state index < -0.39 is 20.3 Å². The van der Waals surface area contributed by atoms with E-state index >= 15 is 0 Å². The Morgan fingerprint density at radius 3 is 2.53 bits per heavy atom. The quantitative estimate of drug-likeness (QED) is 0.331. The molecule has 0 fully saturated rings. The Morgan fingerprint density at radius 2 is 1.87 bits per heavy atom. The smallest absolute Gasteiger partial charge is 0.271 e. The molecule has 0 N–H and O–H groups in total. The second-order valence-electron chi connectivity index (χ2n) is 6.41. The molecule has 4 rings (SSSR count). The Hall–Kier alpha value is -4.00. The van der Waals surface area contributed by atoms with E-state index in [9.17, 15) is 23.3 Å². The van der Waals surface area contributed by atoms with E-state index in [-0.39, 0.29) is 28.0 Å². The number of rotatable bonds is 5. The minimum absolute atomic E-state index is 0.0143. The van der Waals surface area contributed by atoms with Crippen molar-refractivity contribution < 1.29 is 13.3 Å². The largest absolute Gasteiger partial charge is 0.291 e. The second kappa shape index (κ2) is 7.11. The van der Waals surface area contributed by atoms with Crippen LogP contribution in [0, 0.1) is 10.1 Å². The van der Waals surface area contributed by atoms with Crippen molar-refractivity contribution in [2.75, 3.05) is 6.26 Å². The van der Waals surface area contributed by atoms with Crippen LogP contribution in [0.4, 0.5) is 5.69 Å². The molecule has 0 aliphatic carbocycles. The van der Waals surface area contributed by atoms with E-state index in [0.29, 0.717) is 11.5 Å². The third-order valence-electron chi connectivity index (χ3n) is 4.37. The first kappa shape index (κ1) is 19.3. The fraction of sp³-hybridized carbons (Fsp3) is 0.118. The summed E-state index contributed by atoms with van der Waals surface area (Å²) in [7, 11) is -3.34. The summed E-state index contributed by atoms with van der Waals surface area (Å²) >= 11 is 0. The third kappa shape index (κ3) is 3.53. The summed E-state index contributed by atoms with van der Waals surface area (Å²) in [4.78, 5) is 27.4. The van der Waals surface area contributed by atoms with E-state index in [1.807, 2.05) is 0 Å². The van der Waals surface area contributed by atoms with Crippen LogP contribution in [0.5, 0.6) is 0 Å². The van der Waals surface area contributed by atoms with Gasteiger partial charge in [-0.3, -0.25) is 19.5 Å². The molecule has 2 aromatic heterocycles. The van der Waals surface area contributed by atoms with Crippen molar-refractivity contribution in [1.29, 1.82) is 0 Å². The lowest BCUT2D eigenvalue weighted by Gasteiger charge is -2.08. The molecule has 12 nitrogen and oxygen atoms in total. The molecule has 0 aliphatic rings. The van der Waals surface area contributed by atoms with Crippen molar-refractivity contribution >= 4 is 26.4 Å². The highest BCUT2D eigenvalue weighted by molar-refractivity contribution is 7.90. The van der Waals surface area contributed by atoms with Gasteiger partial charge in [0.05, 0.1) is 39.3 Å². The van der Waals surface area contributed by atoms with Gasteiger partial charge in [-0.25, -0.2) is 13.4 Å². The fourth-order valence-electron chi connectivity index (χ4n) is 2.86. The number of hydrogen-bond acceptors (Lipinski definition) is 9. The van der Waals surface area contributed by atoms with Gasteiger partial charge >= 0.3 is 0 Å². The van der Waals surface area contributed by atoms with Gasteiger partial charge in [0.15, 0.2) is 15.7 Å². The summed E-state index contributed by atoms with van der Waals surface area (Å²) in [6.07, 6.45) is 2.37. The maximum atomic E-state index is 12.7. The number of hydrogen-bond donors (Lipinski definition) is 0. The molecule has 30 heavy (non-hydrogen) atoms. The predicted molar refractivity (Wildman–Crippen MR) is 104 cm³/mol. The molecule has 0 saturated heterocycles. The number of fused-ring (bicyclic) bond motifs is 1. The van der Waals surface area contributed by atoms with E-state index in [1.54, 1.807) is 12.1 Å². The van der Waals surface area contributed by atoms with Gasteiger partial charge in [0, 0.05) is 18.4 Å². The lowest BCUT2D eigenvalue weighted by molar-refractivity contribution is -0.384. The van der Waals surface area contributed by atoms with Crippen LogP contribution in [-0.2, 0) is 16.4 Å². The number of sulfone groups is 1. The zero-order valence-corrected chi connectivity index (χ0v) is 16.2. The Bertz CT molecular complexity index is 1440. The average molecular weight is 427 g/mol. The molecule has 152 valence electrons. The van der Waals surface area contributed by atoms with Crippen LogP contribution in [0.25, 0.3) is 16.6 Å². The van der Waals surface area contributed by atoms with E-state index in [4.69, 9.17) is 0 Å². The second-order valence-corrected chi connectivity index (χ2v) is 8.42. The maximum absolute atomic E-state index is 12.7. The van der Waals surface area contributed by atoms with Crippen molar-refractivity contribution in [3.63, 3.8) is 0 Å². The summed E-state index contributed by atoms with van der Waals surface area (Å²) in [6, 6.07) is 9.80. The van der Waals surface area contributed by atoms with Crippen LogP contribution >= 0.6 is 0 Å². The normalized spacial score (nSPS) is 11.6. The molecule has 0 amide bonds. The number of nitro groups is 1. The number of tetrazole rings is 1. The molecular weight excluding hydrogens is 414 g/mol. The number of benzene rings is 2. The highest BCUT2D eigenvalue weighted by Crippen LogP contribution is 2.17. The molecule has 0 aliphatic heterocycles. The molecule has 0 saturated carbocycles. The summed E-state index contributed by atoms with van der Waals surface area (Å²) in [5.41, 5.74) is 0.159. The first-order valence-electron chi connectivity index (χ1n) is 8.45. The number of nitrogens with zero attached hydrogens (tertiary/aromatic N) is 7. The first-order chi connectivity index (χ1) is 14.2. The minimum Gasteiger partial charge on any atom is -0.291 e. The lowest BCUT2D eigenvalue weighted by atomic mass is 10.2. The Morgan fingerprint density at radius 1 is 1.13 bits per heavy atom. The minimum atomic E-state index is -3.34. The first-order valence-corrected chi connectivity index (χ1v) is 10.3. The molecule has 0 atom stereocenters. The molecule has 13 heteroatoms. The van der Waals surface area contributed by atoms with Crippen LogP contribution in [0.2, 0.25) is 0 Å². The monoisotopic (exact) mass is 427 g/mol. The van der Waals surface area contributed by atoms with Crippen molar-refractivity contribution in [2.45, 2.75) is 11.4 Å². The molecule has 4 aromatic rings. The Labute approximate surface area is 168 Å². The van der Waals surface area contributed by atoms with Crippen LogP contribution in [0.3, 0.4) is 0 Å². The zero-order valence-electron chi connectivity index (χ0n) is 15.4. The molecule has 0 unspecified atom stereocenters.